The van der Waals surface area contributed by atoms with Crippen molar-refractivity contribution in [3.8, 4) is 11.5 Å². The highest BCUT2D eigenvalue weighted by Gasteiger charge is 2.20. The highest BCUT2D eigenvalue weighted by molar-refractivity contribution is 7.89. The SMILES string of the molecule is Cc1cc(Cl)c(NNC(=O)Nc2ccccc2)cc1Cl.[C-]#[N+]c1cc(NNC(=O)NCCCCOc2ccc(C)cc2C)c(OC)cc1[N+]#[C-].[C-]#[N+]c1cc(S(N)(=O)=O)c(NNC(=O)N(C)C)c2ccccc12. The molecule has 0 aromatic heterocycles. The molecular formula is C50H53Cl2N13O7S. The maximum atomic E-state index is 12.0. The third-order valence-electron chi connectivity index (χ3n) is 10.00. The van der Waals surface area contributed by atoms with Crippen molar-refractivity contribution in [2.75, 3.05) is 56.0 Å². The van der Waals surface area contributed by atoms with Gasteiger partial charge >= 0.3 is 18.1 Å². The molecule has 6 rings (SSSR count). The third kappa shape index (κ3) is 17.3. The molecule has 0 bridgehead atoms. The van der Waals surface area contributed by atoms with Crippen molar-refractivity contribution in [1.29, 1.82) is 0 Å². The number of hydrazine groups is 3. The highest BCUT2D eigenvalue weighted by Crippen LogP contribution is 2.39. The molecule has 20 nitrogen and oxygen atoms in total. The first kappa shape index (κ1) is 56.9. The summed E-state index contributed by atoms with van der Waals surface area (Å²) in [5, 5.41) is 12.7. The quantitative estimate of drug-likeness (QED) is 0.0268. The Kier molecular flexibility index (Phi) is 21.6. The Bertz CT molecular complexity index is 3180. The molecule has 0 atom stereocenters. The number of ether oxygens (including phenoxy) is 2. The zero-order chi connectivity index (χ0) is 53.7. The molecule has 6 aromatic carbocycles. The zero-order valence-corrected chi connectivity index (χ0v) is 42.9. The summed E-state index contributed by atoms with van der Waals surface area (Å²) in [6.45, 7) is 28.5. The number of nitrogens with zero attached hydrogens (tertiary/aromatic N) is 4. The molecule has 0 spiro atoms. The summed E-state index contributed by atoms with van der Waals surface area (Å²) in [6.07, 6.45) is 1.57. The molecule has 6 amide bonds. The number of benzene rings is 6. The van der Waals surface area contributed by atoms with Gasteiger partial charge in [-0.25, -0.2) is 37.6 Å². The molecule has 23 heteroatoms. The van der Waals surface area contributed by atoms with Crippen LogP contribution in [0, 0.1) is 40.5 Å². The van der Waals surface area contributed by atoms with E-state index in [1.54, 1.807) is 48.5 Å². The number of rotatable bonds is 15. The van der Waals surface area contributed by atoms with Crippen molar-refractivity contribution in [3.63, 3.8) is 0 Å². The number of hydrogen-bond acceptors (Lipinski definition) is 10. The summed E-state index contributed by atoms with van der Waals surface area (Å²) in [5.41, 5.74) is 20.9. The van der Waals surface area contributed by atoms with Gasteiger partial charge in [-0.1, -0.05) is 83.4 Å². The number of fused-ring (bicyclic) bond motifs is 1. The largest absolute Gasteiger partial charge is 0.496 e. The second-order valence-corrected chi connectivity index (χ2v) is 18.0. The summed E-state index contributed by atoms with van der Waals surface area (Å²) < 4.78 is 34.7. The van der Waals surface area contributed by atoms with Crippen LogP contribution >= 0.6 is 23.2 Å². The lowest BCUT2D eigenvalue weighted by molar-refractivity contribution is 0.219. The molecule has 6 aromatic rings. The van der Waals surface area contributed by atoms with Gasteiger partial charge in [0, 0.05) is 31.4 Å². The summed E-state index contributed by atoms with van der Waals surface area (Å²) in [7, 11) is 0.433. The molecule has 0 aliphatic heterocycles. The van der Waals surface area contributed by atoms with Gasteiger partial charge in [0.15, 0.2) is 17.1 Å². The fourth-order valence-corrected chi connectivity index (χ4v) is 7.45. The first-order valence-corrected chi connectivity index (χ1v) is 24.1. The fourth-order valence-electron chi connectivity index (χ4n) is 6.30. The van der Waals surface area contributed by atoms with E-state index in [1.165, 1.54) is 49.9 Å². The average Bonchev–Trinajstić information content (AvgIpc) is 3.36. The number of anilines is 4. The van der Waals surface area contributed by atoms with Crippen LogP contribution < -0.4 is 57.8 Å². The number of unbranched alkanes of at least 4 members (excludes halogenated alkanes) is 1. The molecule has 0 fully saturated rings. The van der Waals surface area contributed by atoms with Crippen LogP contribution in [0.5, 0.6) is 11.5 Å². The maximum Gasteiger partial charge on any atom is 0.337 e. The Labute approximate surface area is 433 Å². The number of nitrogens with two attached hydrogens (primary N) is 1. The topological polar surface area (TPSA) is 242 Å². The minimum absolute atomic E-state index is 0.116. The van der Waals surface area contributed by atoms with Crippen LogP contribution in [0.1, 0.15) is 29.5 Å². The number of amides is 6. The van der Waals surface area contributed by atoms with E-state index in [2.05, 4.69) is 63.8 Å². The fraction of sp³-hybridized carbons (Fsp3) is 0.200. The van der Waals surface area contributed by atoms with E-state index in [-0.39, 0.29) is 27.6 Å². The lowest BCUT2D eigenvalue weighted by Gasteiger charge is -2.18. The lowest BCUT2D eigenvalue weighted by atomic mass is 10.1. The van der Waals surface area contributed by atoms with Crippen molar-refractivity contribution < 1.29 is 32.3 Å². The van der Waals surface area contributed by atoms with E-state index >= 15 is 0 Å². The summed E-state index contributed by atoms with van der Waals surface area (Å²) in [4.78, 5) is 46.3. The Morgan fingerprint density at radius 3 is 1.93 bits per heavy atom. The van der Waals surface area contributed by atoms with Gasteiger partial charge in [0.2, 0.25) is 10.0 Å². The molecule has 0 saturated carbocycles. The average molecular weight is 1050 g/mol. The van der Waals surface area contributed by atoms with Crippen LogP contribution in [0.3, 0.4) is 0 Å². The zero-order valence-electron chi connectivity index (χ0n) is 40.5. The highest BCUT2D eigenvalue weighted by atomic mass is 35.5. The van der Waals surface area contributed by atoms with E-state index in [1.807, 2.05) is 51.1 Å². The van der Waals surface area contributed by atoms with E-state index in [0.29, 0.717) is 56.8 Å². The summed E-state index contributed by atoms with van der Waals surface area (Å²) in [5.74, 6) is 1.24. The molecule has 0 aliphatic carbocycles. The maximum absolute atomic E-state index is 12.0. The second-order valence-electron chi connectivity index (χ2n) is 15.7. The predicted octanol–water partition coefficient (Wildman–Crippen LogP) is 11.0. The Morgan fingerprint density at radius 2 is 1.30 bits per heavy atom. The number of urea groups is 3. The van der Waals surface area contributed by atoms with Crippen molar-refractivity contribution in [2.24, 2.45) is 5.14 Å². The molecule has 0 aliphatic rings. The van der Waals surface area contributed by atoms with Crippen molar-refractivity contribution in [2.45, 2.75) is 38.5 Å². The van der Waals surface area contributed by atoms with E-state index < -0.39 is 28.1 Å². The number of halogens is 2. The number of carbonyl (C=O) groups excluding carboxylic acids is 3. The summed E-state index contributed by atoms with van der Waals surface area (Å²) in [6, 6.07) is 28.2. The van der Waals surface area contributed by atoms with Crippen LogP contribution in [0.25, 0.3) is 25.3 Å². The molecule has 73 heavy (non-hydrogen) atoms. The van der Waals surface area contributed by atoms with Crippen LogP contribution in [0.2, 0.25) is 10.0 Å². The lowest BCUT2D eigenvalue weighted by Crippen LogP contribution is -2.39. The van der Waals surface area contributed by atoms with E-state index in [4.69, 9.17) is 57.5 Å². The second kappa shape index (κ2) is 27.7. The molecule has 0 radical (unpaired) electrons. The Hall–Kier alpha value is -8.65. The van der Waals surface area contributed by atoms with Crippen LogP contribution in [-0.2, 0) is 10.0 Å². The minimum atomic E-state index is -4.10. The molecule has 380 valence electrons. The molecule has 0 heterocycles. The third-order valence-corrected chi connectivity index (χ3v) is 11.7. The molecule has 0 unspecified atom stereocenters. The van der Waals surface area contributed by atoms with Crippen molar-refractivity contribution in [3.05, 3.63) is 164 Å². The number of primary sulfonamides is 1. The predicted molar refractivity (Wildman–Crippen MR) is 287 cm³/mol. The standard InChI is InChI=1S/C22H25N5O3.C14H13Cl2N3O.C14H15N5O3S/c1-15-8-9-20(16(2)12-15)30-11-7-6-10-25-22(28)27-26-19-13-17(23-3)18(24-4)14-21(19)29-5;1-9-7-12(16)13(8-11(9)15)18-19-14(20)17-10-5-3-2-4-6-10;1-16-11-8-12(23(15,21)22)13(17-18-14(20)19(2)3)10-7-5-4-6-9(10)11/h8-9,12-14,26H,6-7,10-11H2,1-2,5H3,(H2,25,27,28);2-8,18H,1H3,(H2,17,19,20);4-8,17H,2-3H3,(H,18,20)(H2,15,21,22). The number of para-hydroxylation sites is 1. The first-order chi connectivity index (χ1) is 34.8. The molecular weight excluding hydrogens is 998 g/mol. The summed E-state index contributed by atoms with van der Waals surface area (Å²) >= 11 is 12.1. The minimum Gasteiger partial charge on any atom is -0.496 e. The Morgan fingerprint density at radius 1 is 0.671 bits per heavy atom. The van der Waals surface area contributed by atoms with Gasteiger partial charge < -0.3 is 25.0 Å². The number of sulfonamides is 1. The normalized spacial score (nSPS) is 10.2. The smallest absolute Gasteiger partial charge is 0.337 e. The van der Waals surface area contributed by atoms with Gasteiger partial charge in [0.1, 0.15) is 11.5 Å². The van der Waals surface area contributed by atoms with Crippen LogP contribution in [0.15, 0.2) is 108 Å². The number of aryl methyl sites for hydroxylation is 3. The van der Waals surface area contributed by atoms with Gasteiger partial charge in [-0.3, -0.25) is 37.4 Å². The van der Waals surface area contributed by atoms with Gasteiger partial charge in [-0.05, 0) is 104 Å². The van der Waals surface area contributed by atoms with Crippen LogP contribution in [-0.4, -0.2) is 65.8 Å². The van der Waals surface area contributed by atoms with Crippen molar-refractivity contribution in [1.82, 2.24) is 26.5 Å². The van der Waals surface area contributed by atoms with Gasteiger partial charge in [0.05, 0.1) is 60.4 Å². The van der Waals surface area contributed by atoms with Gasteiger partial charge in [-0.15, -0.1) is 0 Å². The Balaban J connectivity index is 0.000000243. The monoisotopic (exact) mass is 1050 g/mol. The molecule has 0 saturated heterocycles. The van der Waals surface area contributed by atoms with Crippen molar-refractivity contribution >= 4 is 102 Å². The number of nitrogens with one attached hydrogen (secondary N) is 8. The van der Waals surface area contributed by atoms with E-state index in [0.717, 1.165) is 29.7 Å². The molecule has 10 N–H and O–H groups in total. The van der Waals surface area contributed by atoms with Gasteiger partial charge in [-0.2, -0.15) is 0 Å². The van der Waals surface area contributed by atoms with E-state index in [9.17, 15) is 22.8 Å². The first-order valence-electron chi connectivity index (χ1n) is 21.8. The number of hydrogen-bond donors (Lipinski definition) is 9. The number of carbonyl (C=O) groups is 3. The number of methoxy groups -OCH3 is 1. The van der Waals surface area contributed by atoms with Gasteiger partial charge in [0.25, 0.3) is 0 Å². The van der Waals surface area contributed by atoms with Crippen LogP contribution in [0.4, 0.5) is 54.2 Å².